The van der Waals surface area contributed by atoms with E-state index in [1.807, 2.05) is 42.3 Å². The zero-order valence-electron chi connectivity index (χ0n) is 11.7. The predicted molar refractivity (Wildman–Crippen MR) is 81.3 cm³/mol. The Bertz CT molecular complexity index is 671. The Balaban J connectivity index is 1.91. The van der Waals surface area contributed by atoms with Crippen LogP contribution in [0.1, 0.15) is 25.7 Å². The van der Waals surface area contributed by atoms with E-state index in [0.717, 1.165) is 36.9 Å². The van der Waals surface area contributed by atoms with E-state index in [4.69, 9.17) is 0 Å². The third-order valence-electron chi connectivity index (χ3n) is 4.22. The van der Waals surface area contributed by atoms with Crippen molar-refractivity contribution in [3.8, 4) is 0 Å². The summed E-state index contributed by atoms with van der Waals surface area (Å²) in [6, 6.07) is 9.52. The fourth-order valence-electron chi connectivity index (χ4n) is 3.12. The van der Waals surface area contributed by atoms with Crippen LogP contribution >= 0.6 is 0 Å². The molecule has 3 rings (SSSR count). The van der Waals surface area contributed by atoms with Crippen LogP contribution in [0.2, 0.25) is 0 Å². The Morgan fingerprint density at radius 3 is 2.75 bits per heavy atom. The standard InChI is InChI=1S/C16H20N2O2/c1-18(11-16(20)8-4-5-9-16)14-10-12-6-2-3-7-13(12)15(19)17-14/h2-3,6-7,10,20H,4-5,8-9,11H2,1H3,(H,17,19). The Kier molecular flexibility index (Phi) is 3.26. The predicted octanol–water partition coefficient (Wildman–Crippen LogP) is 2.27. The summed E-state index contributed by atoms with van der Waals surface area (Å²) in [5.74, 6) is 0.758. The lowest BCUT2D eigenvalue weighted by molar-refractivity contribution is 0.0558. The second-order valence-electron chi connectivity index (χ2n) is 5.86. The van der Waals surface area contributed by atoms with Crippen molar-refractivity contribution in [2.45, 2.75) is 31.3 Å². The van der Waals surface area contributed by atoms with Gasteiger partial charge in [-0.2, -0.15) is 0 Å². The first-order valence-electron chi connectivity index (χ1n) is 7.13. The van der Waals surface area contributed by atoms with E-state index in [0.29, 0.717) is 11.9 Å². The van der Waals surface area contributed by atoms with Gasteiger partial charge >= 0.3 is 0 Å². The number of likely N-dealkylation sites (N-methyl/N-ethyl adjacent to an activating group) is 1. The first-order valence-corrected chi connectivity index (χ1v) is 7.13. The van der Waals surface area contributed by atoms with Gasteiger partial charge in [-0.1, -0.05) is 31.0 Å². The fourth-order valence-corrected chi connectivity index (χ4v) is 3.12. The molecule has 1 saturated carbocycles. The van der Waals surface area contributed by atoms with Gasteiger partial charge in [0.1, 0.15) is 5.82 Å². The largest absolute Gasteiger partial charge is 0.388 e. The van der Waals surface area contributed by atoms with Crippen LogP contribution in [-0.4, -0.2) is 29.3 Å². The molecule has 0 saturated heterocycles. The van der Waals surface area contributed by atoms with Gasteiger partial charge in [0.2, 0.25) is 0 Å². The highest BCUT2D eigenvalue weighted by Gasteiger charge is 2.32. The Morgan fingerprint density at radius 1 is 1.30 bits per heavy atom. The van der Waals surface area contributed by atoms with Crippen molar-refractivity contribution in [3.05, 3.63) is 40.7 Å². The number of rotatable bonds is 3. The monoisotopic (exact) mass is 272 g/mol. The van der Waals surface area contributed by atoms with Crippen LogP contribution in [0.15, 0.2) is 35.1 Å². The molecule has 0 amide bonds. The number of benzene rings is 1. The highest BCUT2D eigenvalue weighted by Crippen LogP contribution is 2.30. The molecule has 4 heteroatoms. The third-order valence-corrected chi connectivity index (χ3v) is 4.22. The van der Waals surface area contributed by atoms with Crippen LogP contribution in [0, 0.1) is 0 Å². The first kappa shape index (κ1) is 13.2. The SMILES string of the molecule is CN(CC1(O)CCCC1)c1cc2ccccc2c(=O)[nH]1. The number of aromatic nitrogens is 1. The molecule has 1 aromatic heterocycles. The average Bonchev–Trinajstić information content (AvgIpc) is 2.85. The lowest BCUT2D eigenvalue weighted by Gasteiger charge is -2.29. The number of nitrogens with zero attached hydrogens (tertiary/aromatic N) is 1. The van der Waals surface area contributed by atoms with Crippen LogP contribution in [-0.2, 0) is 0 Å². The average molecular weight is 272 g/mol. The van der Waals surface area contributed by atoms with Crippen molar-refractivity contribution in [3.63, 3.8) is 0 Å². The first-order chi connectivity index (χ1) is 9.57. The molecule has 0 radical (unpaired) electrons. The number of H-pyrrole nitrogens is 1. The van der Waals surface area contributed by atoms with E-state index in [2.05, 4.69) is 4.98 Å². The topological polar surface area (TPSA) is 56.3 Å². The number of nitrogens with one attached hydrogen (secondary N) is 1. The van der Waals surface area contributed by atoms with Crippen molar-refractivity contribution >= 4 is 16.6 Å². The Hall–Kier alpha value is -1.81. The van der Waals surface area contributed by atoms with Gasteiger partial charge in [-0.25, -0.2) is 0 Å². The highest BCUT2D eigenvalue weighted by atomic mass is 16.3. The molecule has 0 aliphatic heterocycles. The summed E-state index contributed by atoms with van der Waals surface area (Å²) < 4.78 is 0. The van der Waals surface area contributed by atoms with Crippen LogP contribution in [0.3, 0.4) is 0 Å². The summed E-state index contributed by atoms with van der Waals surface area (Å²) in [6.45, 7) is 0.557. The maximum atomic E-state index is 12.1. The van der Waals surface area contributed by atoms with E-state index in [1.165, 1.54) is 0 Å². The van der Waals surface area contributed by atoms with Crippen molar-refractivity contribution < 1.29 is 5.11 Å². The van der Waals surface area contributed by atoms with Crippen molar-refractivity contribution in [1.82, 2.24) is 4.98 Å². The second kappa shape index (κ2) is 4.94. The molecule has 4 nitrogen and oxygen atoms in total. The maximum Gasteiger partial charge on any atom is 0.257 e. The molecule has 0 spiro atoms. The lowest BCUT2D eigenvalue weighted by Crippen LogP contribution is -2.40. The molecular formula is C16H20N2O2. The molecule has 2 N–H and O–H groups in total. The van der Waals surface area contributed by atoms with E-state index in [1.54, 1.807) is 0 Å². The minimum Gasteiger partial charge on any atom is -0.388 e. The molecule has 1 heterocycles. The van der Waals surface area contributed by atoms with Crippen LogP contribution in [0.4, 0.5) is 5.82 Å². The number of aromatic amines is 1. The van der Waals surface area contributed by atoms with Crippen molar-refractivity contribution in [2.75, 3.05) is 18.5 Å². The summed E-state index contributed by atoms with van der Waals surface area (Å²) in [6.07, 6.45) is 3.85. The Labute approximate surface area is 118 Å². The van der Waals surface area contributed by atoms with E-state index in [-0.39, 0.29) is 5.56 Å². The normalized spacial score (nSPS) is 17.5. The van der Waals surface area contributed by atoms with Crippen LogP contribution in [0.25, 0.3) is 10.8 Å². The van der Waals surface area contributed by atoms with Crippen molar-refractivity contribution in [2.24, 2.45) is 0 Å². The summed E-state index contributed by atoms with van der Waals surface area (Å²) in [7, 11) is 1.91. The van der Waals surface area contributed by atoms with Gasteiger partial charge in [0.25, 0.3) is 5.56 Å². The number of anilines is 1. The molecule has 0 bridgehead atoms. The molecule has 1 aliphatic rings. The van der Waals surface area contributed by atoms with Gasteiger partial charge < -0.3 is 15.0 Å². The highest BCUT2D eigenvalue weighted by molar-refractivity contribution is 5.83. The van der Waals surface area contributed by atoms with Gasteiger partial charge in [-0.15, -0.1) is 0 Å². The zero-order chi connectivity index (χ0) is 14.2. The smallest absolute Gasteiger partial charge is 0.257 e. The molecule has 2 aromatic rings. The number of aliphatic hydroxyl groups is 1. The number of hydrogen-bond donors (Lipinski definition) is 2. The summed E-state index contributed by atoms with van der Waals surface area (Å²) in [5.41, 5.74) is -0.694. The molecule has 20 heavy (non-hydrogen) atoms. The van der Waals surface area contributed by atoms with Gasteiger partial charge in [-0.3, -0.25) is 4.79 Å². The van der Waals surface area contributed by atoms with E-state index < -0.39 is 5.60 Å². The summed E-state index contributed by atoms with van der Waals surface area (Å²) in [4.78, 5) is 16.9. The summed E-state index contributed by atoms with van der Waals surface area (Å²) >= 11 is 0. The van der Waals surface area contributed by atoms with Gasteiger partial charge in [-0.05, 0) is 30.4 Å². The third kappa shape index (κ3) is 2.43. The Morgan fingerprint density at radius 2 is 2.00 bits per heavy atom. The van der Waals surface area contributed by atoms with Gasteiger partial charge in [0.15, 0.2) is 0 Å². The molecule has 1 aromatic carbocycles. The zero-order valence-corrected chi connectivity index (χ0v) is 11.7. The number of fused-ring (bicyclic) bond motifs is 1. The molecule has 106 valence electrons. The second-order valence-corrected chi connectivity index (χ2v) is 5.86. The number of hydrogen-bond acceptors (Lipinski definition) is 3. The minimum absolute atomic E-state index is 0.0802. The quantitative estimate of drug-likeness (QED) is 0.901. The molecule has 0 unspecified atom stereocenters. The molecular weight excluding hydrogens is 252 g/mol. The summed E-state index contributed by atoms with van der Waals surface area (Å²) in [5, 5.41) is 12.1. The molecule has 1 fully saturated rings. The van der Waals surface area contributed by atoms with E-state index >= 15 is 0 Å². The van der Waals surface area contributed by atoms with Crippen LogP contribution < -0.4 is 10.5 Å². The van der Waals surface area contributed by atoms with E-state index in [9.17, 15) is 9.90 Å². The maximum absolute atomic E-state index is 12.1. The minimum atomic E-state index is -0.614. The fraction of sp³-hybridized carbons (Fsp3) is 0.438. The van der Waals surface area contributed by atoms with Gasteiger partial charge in [0, 0.05) is 19.0 Å². The lowest BCUT2D eigenvalue weighted by atomic mass is 10.0. The van der Waals surface area contributed by atoms with Crippen LogP contribution in [0.5, 0.6) is 0 Å². The van der Waals surface area contributed by atoms with Gasteiger partial charge in [0.05, 0.1) is 5.60 Å². The molecule has 0 atom stereocenters. The number of pyridine rings is 1. The molecule has 1 aliphatic carbocycles. The van der Waals surface area contributed by atoms with Crippen molar-refractivity contribution in [1.29, 1.82) is 0 Å².